The molecule has 0 aliphatic heterocycles. The Kier molecular flexibility index (Phi) is 5.67. The average molecular weight is 395 g/mol. The maximum absolute atomic E-state index is 12.2. The molecule has 2 aromatic rings. The predicted octanol–water partition coefficient (Wildman–Crippen LogP) is 1.75. The van der Waals surface area contributed by atoms with Crippen LogP contribution in [0.15, 0.2) is 29.2 Å². The number of hydrogen-bond donors (Lipinski definition) is 2. The van der Waals surface area contributed by atoms with Gasteiger partial charge in [0.1, 0.15) is 6.54 Å². The molecule has 27 heavy (non-hydrogen) atoms. The fraction of sp³-hybridized carbons (Fsp3) is 0.444. The maximum atomic E-state index is 12.2. The van der Waals surface area contributed by atoms with Gasteiger partial charge < -0.3 is 10.2 Å². The first-order valence-corrected chi connectivity index (χ1v) is 9.80. The van der Waals surface area contributed by atoms with Crippen LogP contribution in [0.2, 0.25) is 0 Å². The van der Waals surface area contributed by atoms with Crippen LogP contribution in [0.25, 0.3) is 0 Å². The van der Waals surface area contributed by atoms with Gasteiger partial charge in [-0.05, 0) is 31.0 Å². The maximum Gasteiger partial charge on any atom is 0.325 e. The van der Waals surface area contributed by atoms with Crippen molar-refractivity contribution in [2.75, 3.05) is 14.1 Å². The minimum absolute atomic E-state index is 0.159. The normalized spacial score (nSPS) is 12.5. The van der Waals surface area contributed by atoms with Gasteiger partial charge in [-0.2, -0.15) is 5.10 Å². The molecule has 9 heteroatoms. The smallest absolute Gasteiger partial charge is 0.325 e. The summed E-state index contributed by atoms with van der Waals surface area (Å²) >= 11 is 0. The van der Waals surface area contributed by atoms with E-state index < -0.39 is 28.0 Å². The molecule has 0 bridgehead atoms. The van der Waals surface area contributed by atoms with Crippen LogP contribution in [-0.2, 0) is 33.2 Å². The number of hydrogen-bond acceptors (Lipinski definition) is 5. The Hall–Kier alpha value is -2.39. The SMILES string of the molecule is Cc1c(C(C)(C)Cc2ccc(S(=O)(=O)N(C)C)cc2)nn(CC(=O)O)c1O. The van der Waals surface area contributed by atoms with Crippen molar-refractivity contribution in [1.82, 2.24) is 14.1 Å². The van der Waals surface area contributed by atoms with E-state index in [1.807, 2.05) is 13.8 Å². The van der Waals surface area contributed by atoms with Gasteiger partial charge in [0.25, 0.3) is 0 Å². The van der Waals surface area contributed by atoms with Gasteiger partial charge in [0.15, 0.2) is 0 Å². The molecule has 1 aromatic heterocycles. The van der Waals surface area contributed by atoms with E-state index >= 15 is 0 Å². The summed E-state index contributed by atoms with van der Waals surface area (Å²) in [6, 6.07) is 6.63. The van der Waals surface area contributed by atoms with Crippen LogP contribution in [-0.4, -0.2) is 52.8 Å². The second-order valence-electron chi connectivity index (χ2n) is 7.34. The number of carboxylic acids is 1. The molecule has 148 valence electrons. The van der Waals surface area contributed by atoms with Crippen LogP contribution in [0.4, 0.5) is 0 Å². The molecule has 2 N–H and O–H groups in total. The lowest BCUT2D eigenvalue weighted by Crippen LogP contribution is -2.24. The summed E-state index contributed by atoms with van der Waals surface area (Å²) in [4.78, 5) is 11.1. The van der Waals surface area contributed by atoms with Crippen LogP contribution in [0.3, 0.4) is 0 Å². The van der Waals surface area contributed by atoms with Gasteiger partial charge >= 0.3 is 5.97 Å². The molecule has 2 rings (SSSR count). The molecule has 0 radical (unpaired) electrons. The molecule has 1 heterocycles. The number of rotatable bonds is 7. The number of nitrogens with zero attached hydrogens (tertiary/aromatic N) is 3. The number of aromatic nitrogens is 2. The Labute approximate surface area is 159 Å². The molecule has 0 aliphatic carbocycles. The van der Waals surface area contributed by atoms with Crippen molar-refractivity contribution in [3.63, 3.8) is 0 Å². The topological polar surface area (TPSA) is 113 Å². The molecular weight excluding hydrogens is 370 g/mol. The fourth-order valence-corrected chi connectivity index (χ4v) is 3.91. The van der Waals surface area contributed by atoms with Gasteiger partial charge in [0.05, 0.1) is 10.6 Å². The van der Waals surface area contributed by atoms with Gasteiger partial charge in [-0.25, -0.2) is 17.4 Å². The zero-order chi connectivity index (χ0) is 20.6. The molecule has 0 saturated heterocycles. The predicted molar refractivity (Wildman–Crippen MR) is 100 cm³/mol. The van der Waals surface area contributed by atoms with E-state index in [4.69, 9.17) is 5.11 Å². The van der Waals surface area contributed by atoms with Crippen LogP contribution in [0.1, 0.15) is 30.7 Å². The molecular formula is C18H25N3O5S. The highest BCUT2D eigenvalue weighted by Gasteiger charge is 2.29. The quantitative estimate of drug-likeness (QED) is 0.739. The van der Waals surface area contributed by atoms with Crippen molar-refractivity contribution in [1.29, 1.82) is 0 Å². The third-order valence-electron chi connectivity index (χ3n) is 4.43. The summed E-state index contributed by atoms with van der Waals surface area (Å²) < 4.78 is 26.6. The van der Waals surface area contributed by atoms with Crippen molar-refractivity contribution in [2.24, 2.45) is 0 Å². The minimum Gasteiger partial charge on any atom is -0.493 e. The molecule has 8 nitrogen and oxygen atoms in total. The lowest BCUT2D eigenvalue weighted by molar-refractivity contribution is -0.138. The number of sulfonamides is 1. The second-order valence-corrected chi connectivity index (χ2v) is 9.49. The summed E-state index contributed by atoms with van der Waals surface area (Å²) in [6.45, 7) is 5.17. The second kappa shape index (κ2) is 7.32. The summed E-state index contributed by atoms with van der Waals surface area (Å²) in [6.07, 6.45) is 0.541. The molecule has 0 fully saturated rings. The Morgan fingerprint density at radius 2 is 1.78 bits per heavy atom. The summed E-state index contributed by atoms with van der Waals surface area (Å²) in [7, 11) is -0.519. The Balaban J connectivity index is 2.30. The first-order valence-electron chi connectivity index (χ1n) is 8.36. The molecule has 0 atom stereocenters. The zero-order valence-electron chi connectivity index (χ0n) is 16.1. The largest absolute Gasteiger partial charge is 0.493 e. The van der Waals surface area contributed by atoms with Gasteiger partial charge in [-0.15, -0.1) is 0 Å². The van der Waals surface area contributed by atoms with Crippen LogP contribution in [0.5, 0.6) is 5.88 Å². The Morgan fingerprint density at radius 1 is 1.22 bits per heavy atom. The highest BCUT2D eigenvalue weighted by Crippen LogP contribution is 2.33. The average Bonchev–Trinajstić information content (AvgIpc) is 2.83. The standard InChI is InChI=1S/C18H25N3O5S/c1-12-16(19-21(17(12)24)11-15(22)23)18(2,3)10-13-6-8-14(9-7-13)27(25,26)20(4)5/h6-9,24H,10-11H2,1-5H3,(H,22,23). The molecule has 0 aliphatic rings. The first kappa shape index (κ1) is 20.9. The lowest BCUT2D eigenvalue weighted by Gasteiger charge is -2.23. The lowest BCUT2D eigenvalue weighted by atomic mass is 9.81. The van der Waals surface area contributed by atoms with E-state index in [1.165, 1.54) is 14.1 Å². The van der Waals surface area contributed by atoms with E-state index in [2.05, 4.69) is 5.10 Å². The van der Waals surface area contributed by atoms with Gasteiger partial charge in [-0.1, -0.05) is 26.0 Å². The van der Waals surface area contributed by atoms with Gasteiger partial charge in [0.2, 0.25) is 15.9 Å². The number of aliphatic carboxylic acids is 1. The third-order valence-corrected chi connectivity index (χ3v) is 6.26. The van der Waals surface area contributed by atoms with Crippen LogP contribution in [0, 0.1) is 6.92 Å². The highest BCUT2D eigenvalue weighted by molar-refractivity contribution is 7.89. The number of carbonyl (C=O) groups is 1. The third kappa shape index (κ3) is 4.30. The number of benzene rings is 1. The van der Waals surface area contributed by atoms with Crippen molar-refractivity contribution in [3.8, 4) is 5.88 Å². The summed E-state index contributed by atoms with van der Waals surface area (Å²) in [5, 5.41) is 23.4. The van der Waals surface area contributed by atoms with Crippen LogP contribution >= 0.6 is 0 Å². The highest BCUT2D eigenvalue weighted by atomic mass is 32.2. The first-order chi connectivity index (χ1) is 12.4. The van der Waals surface area contributed by atoms with Crippen molar-refractivity contribution < 1.29 is 23.4 Å². The molecule has 0 saturated carbocycles. The summed E-state index contributed by atoms with van der Waals surface area (Å²) in [5.74, 6) is -1.25. The summed E-state index contributed by atoms with van der Waals surface area (Å²) in [5.41, 5.74) is 1.55. The molecule has 0 amide bonds. The minimum atomic E-state index is -3.48. The Morgan fingerprint density at radius 3 is 2.26 bits per heavy atom. The Bertz CT molecular complexity index is 944. The number of carboxylic acid groups (broad SMARTS) is 1. The van der Waals surface area contributed by atoms with E-state index in [9.17, 15) is 18.3 Å². The van der Waals surface area contributed by atoms with E-state index in [1.54, 1.807) is 31.2 Å². The van der Waals surface area contributed by atoms with Crippen molar-refractivity contribution in [2.45, 2.75) is 44.0 Å². The molecule has 0 spiro atoms. The van der Waals surface area contributed by atoms with E-state index in [-0.39, 0.29) is 10.8 Å². The van der Waals surface area contributed by atoms with Gasteiger partial charge in [0, 0.05) is 25.1 Å². The van der Waals surface area contributed by atoms with E-state index in [0.29, 0.717) is 17.7 Å². The van der Waals surface area contributed by atoms with Crippen LogP contribution < -0.4 is 0 Å². The number of aromatic hydroxyl groups is 1. The molecule has 1 aromatic carbocycles. The van der Waals surface area contributed by atoms with E-state index in [0.717, 1.165) is 14.6 Å². The fourth-order valence-electron chi connectivity index (χ4n) is 3.01. The van der Waals surface area contributed by atoms with Crippen molar-refractivity contribution in [3.05, 3.63) is 41.1 Å². The van der Waals surface area contributed by atoms with Crippen molar-refractivity contribution >= 4 is 16.0 Å². The zero-order valence-corrected chi connectivity index (χ0v) is 16.9. The monoisotopic (exact) mass is 395 g/mol. The van der Waals surface area contributed by atoms with Gasteiger partial charge in [-0.3, -0.25) is 4.79 Å². The molecule has 0 unspecified atom stereocenters.